The van der Waals surface area contributed by atoms with Gasteiger partial charge in [-0.05, 0) is 66.1 Å². The van der Waals surface area contributed by atoms with Gasteiger partial charge in [0.05, 0.1) is 5.60 Å². The first-order valence-corrected chi connectivity index (χ1v) is 8.72. The molecule has 0 saturated carbocycles. The van der Waals surface area contributed by atoms with Gasteiger partial charge in [0.1, 0.15) is 0 Å². The van der Waals surface area contributed by atoms with Crippen molar-refractivity contribution < 1.29 is 5.11 Å². The highest BCUT2D eigenvalue weighted by atomic mass is 16.3. The molecule has 0 aromatic carbocycles. The highest BCUT2D eigenvalue weighted by Gasteiger charge is 2.27. The number of aliphatic hydroxyl groups is 1. The summed E-state index contributed by atoms with van der Waals surface area (Å²) in [5.74, 6) is 0. The lowest BCUT2D eigenvalue weighted by molar-refractivity contribution is -0.0101. The number of likely N-dealkylation sites (N-methyl/N-ethyl adjacent to an activating group) is 1. The topological polar surface area (TPSA) is 30.0 Å². The summed E-state index contributed by atoms with van der Waals surface area (Å²) >= 11 is 0. The second-order valence-electron chi connectivity index (χ2n) is 6.37. The van der Waals surface area contributed by atoms with Crippen LogP contribution in [0.1, 0.15) is 47.0 Å². The molecule has 0 amide bonds. The SMILES string of the molecule is CCN(CC)CCCC(O)(CCN(CC)CC)CN(C)C. The largest absolute Gasteiger partial charge is 0.389 e. The zero-order valence-corrected chi connectivity index (χ0v) is 15.4. The third-order valence-electron chi connectivity index (χ3n) is 4.41. The minimum Gasteiger partial charge on any atom is -0.389 e. The Hall–Kier alpha value is -0.160. The maximum absolute atomic E-state index is 11.0. The summed E-state index contributed by atoms with van der Waals surface area (Å²) in [6.45, 7) is 15.9. The Morgan fingerprint density at radius 3 is 1.67 bits per heavy atom. The summed E-state index contributed by atoms with van der Waals surface area (Å²) in [4.78, 5) is 6.94. The van der Waals surface area contributed by atoms with Crippen molar-refractivity contribution in [1.82, 2.24) is 14.7 Å². The van der Waals surface area contributed by atoms with Gasteiger partial charge in [-0.2, -0.15) is 0 Å². The third-order valence-corrected chi connectivity index (χ3v) is 4.41. The van der Waals surface area contributed by atoms with Crippen molar-refractivity contribution in [2.45, 2.75) is 52.6 Å². The van der Waals surface area contributed by atoms with Crippen molar-refractivity contribution in [1.29, 1.82) is 0 Å². The van der Waals surface area contributed by atoms with Crippen LogP contribution in [0, 0.1) is 0 Å². The van der Waals surface area contributed by atoms with Crippen LogP contribution >= 0.6 is 0 Å². The van der Waals surface area contributed by atoms with E-state index in [1.807, 2.05) is 14.1 Å². The van der Waals surface area contributed by atoms with Gasteiger partial charge < -0.3 is 19.8 Å². The zero-order valence-electron chi connectivity index (χ0n) is 15.4. The van der Waals surface area contributed by atoms with E-state index < -0.39 is 5.60 Å². The first-order valence-electron chi connectivity index (χ1n) is 8.72. The van der Waals surface area contributed by atoms with Gasteiger partial charge in [-0.15, -0.1) is 0 Å². The molecule has 0 fully saturated rings. The smallest absolute Gasteiger partial charge is 0.0786 e. The summed E-state index contributed by atoms with van der Waals surface area (Å²) < 4.78 is 0. The molecule has 0 aliphatic carbocycles. The monoisotopic (exact) mass is 301 g/mol. The lowest BCUT2D eigenvalue weighted by atomic mass is 9.92. The minimum absolute atomic E-state index is 0.556. The lowest BCUT2D eigenvalue weighted by Crippen LogP contribution is -2.43. The van der Waals surface area contributed by atoms with E-state index >= 15 is 0 Å². The van der Waals surface area contributed by atoms with Crippen LogP contribution in [0.4, 0.5) is 0 Å². The van der Waals surface area contributed by atoms with Crippen LogP contribution in [-0.2, 0) is 0 Å². The molecular weight excluding hydrogens is 262 g/mol. The van der Waals surface area contributed by atoms with E-state index in [-0.39, 0.29) is 0 Å². The predicted molar refractivity (Wildman–Crippen MR) is 92.9 cm³/mol. The Kier molecular flexibility index (Phi) is 11.3. The summed E-state index contributed by atoms with van der Waals surface area (Å²) in [5.41, 5.74) is -0.556. The van der Waals surface area contributed by atoms with Gasteiger partial charge in [0.15, 0.2) is 0 Å². The molecule has 0 saturated heterocycles. The Morgan fingerprint density at radius 1 is 0.762 bits per heavy atom. The summed E-state index contributed by atoms with van der Waals surface area (Å²) in [6, 6.07) is 0. The molecule has 4 nitrogen and oxygen atoms in total. The van der Waals surface area contributed by atoms with Gasteiger partial charge in [0.25, 0.3) is 0 Å². The molecule has 0 aliphatic rings. The molecule has 0 aliphatic heterocycles. The number of rotatable bonds is 13. The van der Waals surface area contributed by atoms with Gasteiger partial charge in [-0.25, -0.2) is 0 Å². The second-order valence-corrected chi connectivity index (χ2v) is 6.37. The van der Waals surface area contributed by atoms with E-state index in [2.05, 4.69) is 42.4 Å². The van der Waals surface area contributed by atoms with Gasteiger partial charge in [0.2, 0.25) is 0 Å². The normalized spacial score (nSPS) is 15.1. The van der Waals surface area contributed by atoms with Crippen LogP contribution in [0.5, 0.6) is 0 Å². The number of nitrogens with zero attached hydrogens (tertiary/aromatic N) is 3. The van der Waals surface area contributed by atoms with Crippen molar-refractivity contribution in [3.63, 3.8) is 0 Å². The molecule has 1 unspecified atom stereocenters. The molecule has 1 atom stereocenters. The van der Waals surface area contributed by atoms with E-state index in [0.717, 1.165) is 65.1 Å². The molecule has 0 aromatic heterocycles. The average Bonchev–Trinajstić information content (AvgIpc) is 2.44. The van der Waals surface area contributed by atoms with Gasteiger partial charge in [0, 0.05) is 13.1 Å². The van der Waals surface area contributed by atoms with Crippen LogP contribution in [0.15, 0.2) is 0 Å². The molecule has 1 N–H and O–H groups in total. The Balaban J connectivity index is 4.39. The zero-order chi connectivity index (χ0) is 16.3. The van der Waals surface area contributed by atoms with Crippen molar-refractivity contribution >= 4 is 0 Å². The van der Waals surface area contributed by atoms with Crippen molar-refractivity contribution in [2.24, 2.45) is 0 Å². The highest BCUT2D eigenvalue weighted by molar-refractivity contribution is 4.82. The van der Waals surface area contributed by atoms with Gasteiger partial charge in [-0.3, -0.25) is 0 Å². The van der Waals surface area contributed by atoms with Crippen molar-refractivity contribution in [2.75, 3.05) is 59.9 Å². The van der Waals surface area contributed by atoms with Crippen LogP contribution in [0.2, 0.25) is 0 Å². The molecule has 0 spiro atoms. The molecule has 0 radical (unpaired) electrons. The van der Waals surface area contributed by atoms with Gasteiger partial charge >= 0.3 is 0 Å². The lowest BCUT2D eigenvalue weighted by Gasteiger charge is -2.34. The maximum Gasteiger partial charge on any atom is 0.0786 e. The molecular formula is C17H39N3O. The van der Waals surface area contributed by atoms with E-state index in [1.54, 1.807) is 0 Å². The van der Waals surface area contributed by atoms with Crippen molar-refractivity contribution in [3.05, 3.63) is 0 Å². The summed E-state index contributed by atoms with van der Waals surface area (Å²) in [7, 11) is 4.10. The van der Waals surface area contributed by atoms with Gasteiger partial charge in [-0.1, -0.05) is 27.7 Å². The molecule has 21 heavy (non-hydrogen) atoms. The van der Waals surface area contributed by atoms with Crippen LogP contribution in [0.3, 0.4) is 0 Å². The molecule has 128 valence electrons. The van der Waals surface area contributed by atoms with Crippen LogP contribution in [0.25, 0.3) is 0 Å². The Bertz CT molecular complexity index is 240. The fourth-order valence-electron chi connectivity index (χ4n) is 2.95. The Labute approximate surface area is 133 Å². The molecule has 4 heteroatoms. The molecule has 0 rings (SSSR count). The second kappa shape index (κ2) is 11.4. The number of hydrogen-bond acceptors (Lipinski definition) is 4. The van der Waals surface area contributed by atoms with Crippen LogP contribution < -0.4 is 0 Å². The third kappa shape index (κ3) is 9.46. The molecule has 0 heterocycles. The number of hydrogen-bond donors (Lipinski definition) is 1. The van der Waals surface area contributed by atoms with E-state index in [0.29, 0.717) is 0 Å². The maximum atomic E-state index is 11.0. The van der Waals surface area contributed by atoms with E-state index in [1.165, 1.54) is 0 Å². The molecule has 0 aromatic rings. The first kappa shape index (κ1) is 20.8. The summed E-state index contributed by atoms with van der Waals surface area (Å²) in [5, 5.41) is 11.0. The first-order chi connectivity index (χ1) is 9.90. The van der Waals surface area contributed by atoms with Crippen molar-refractivity contribution in [3.8, 4) is 0 Å². The molecule has 0 bridgehead atoms. The van der Waals surface area contributed by atoms with E-state index in [4.69, 9.17) is 0 Å². The van der Waals surface area contributed by atoms with Crippen LogP contribution in [-0.4, -0.2) is 85.3 Å². The Morgan fingerprint density at radius 2 is 1.24 bits per heavy atom. The standard InChI is InChI=1S/C17H39N3O/c1-7-19(8-2)14-11-12-17(21,16-18(5)6)13-15-20(9-3)10-4/h21H,7-16H2,1-6H3. The highest BCUT2D eigenvalue weighted by Crippen LogP contribution is 2.19. The quantitative estimate of drug-likeness (QED) is 0.564. The predicted octanol–water partition coefficient (Wildman–Crippen LogP) is 2.13. The summed E-state index contributed by atoms with van der Waals surface area (Å²) in [6.07, 6.45) is 2.83. The fraction of sp³-hybridized carbons (Fsp3) is 1.00. The van der Waals surface area contributed by atoms with E-state index in [9.17, 15) is 5.11 Å². The minimum atomic E-state index is -0.556. The average molecular weight is 302 g/mol. The fourth-order valence-corrected chi connectivity index (χ4v) is 2.95.